The van der Waals surface area contributed by atoms with Crippen molar-refractivity contribution < 1.29 is 0 Å². The first kappa shape index (κ1) is 12.4. The van der Waals surface area contributed by atoms with Gasteiger partial charge in [-0.05, 0) is 30.8 Å². The third-order valence-corrected chi connectivity index (χ3v) is 3.76. The van der Waals surface area contributed by atoms with Gasteiger partial charge in [0.25, 0.3) is 0 Å². The molecule has 1 aliphatic carbocycles. The first-order valence-electron chi connectivity index (χ1n) is 7.12. The maximum atomic E-state index is 4.86. The summed E-state index contributed by atoms with van der Waals surface area (Å²) in [7, 11) is 2.17. The van der Waals surface area contributed by atoms with E-state index in [1.165, 1.54) is 23.6 Å². The molecule has 1 fully saturated rings. The predicted octanol–water partition coefficient (Wildman–Crippen LogP) is 2.94. The van der Waals surface area contributed by atoms with Gasteiger partial charge in [-0.3, -0.25) is 0 Å². The van der Waals surface area contributed by atoms with Crippen LogP contribution in [0.2, 0.25) is 0 Å². The highest BCUT2D eigenvalue weighted by Crippen LogP contribution is 2.33. The van der Waals surface area contributed by atoms with Crippen LogP contribution in [0.1, 0.15) is 25.5 Å². The normalized spacial score (nSPS) is 14.8. The molecule has 0 atom stereocenters. The molecule has 1 saturated carbocycles. The minimum Gasteiger partial charge on any atom is -0.356 e. The van der Waals surface area contributed by atoms with Crippen LogP contribution in [0.25, 0.3) is 10.8 Å². The summed E-state index contributed by atoms with van der Waals surface area (Å²) in [4.78, 5) is 7.21. The van der Waals surface area contributed by atoms with Gasteiger partial charge < -0.3 is 10.2 Å². The average Bonchev–Trinajstić information content (AvgIpc) is 3.28. The summed E-state index contributed by atoms with van der Waals surface area (Å²) in [6, 6.07) is 11.4. The number of hydrogen-bond acceptors (Lipinski definition) is 3. The molecular formula is C16H21N3. The number of pyridine rings is 1. The Morgan fingerprint density at radius 1 is 1.32 bits per heavy atom. The first-order valence-corrected chi connectivity index (χ1v) is 7.12. The zero-order valence-electron chi connectivity index (χ0n) is 11.7. The molecule has 1 aromatic carbocycles. The molecule has 0 saturated heterocycles. The van der Waals surface area contributed by atoms with Crippen LogP contribution >= 0.6 is 0 Å². The fraction of sp³-hybridized carbons (Fsp3) is 0.438. The Balaban J connectivity index is 2.05. The Morgan fingerprint density at radius 3 is 2.84 bits per heavy atom. The third kappa shape index (κ3) is 2.56. The summed E-state index contributed by atoms with van der Waals surface area (Å²) in [5.74, 6) is 1.13. The molecule has 2 aromatic rings. The Bertz CT molecular complexity index is 575. The van der Waals surface area contributed by atoms with Crippen molar-refractivity contribution in [2.75, 3.05) is 18.5 Å². The van der Waals surface area contributed by atoms with Gasteiger partial charge in [0.15, 0.2) is 0 Å². The fourth-order valence-corrected chi connectivity index (χ4v) is 2.48. The van der Waals surface area contributed by atoms with E-state index in [1.54, 1.807) is 0 Å². The predicted molar refractivity (Wildman–Crippen MR) is 80.5 cm³/mol. The minimum atomic E-state index is 0.685. The zero-order valence-corrected chi connectivity index (χ0v) is 11.7. The highest BCUT2D eigenvalue weighted by Gasteiger charge is 2.28. The number of benzene rings is 1. The van der Waals surface area contributed by atoms with E-state index >= 15 is 0 Å². The van der Waals surface area contributed by atoms with E-state index in [9.17, 15) is 0 Å². The van der Waals surface area contributed by atoms with Gasteiger partial charge in [-0.1, -0.05) is 31.2 Å². The largest absolute Gasteiger partial charge is 0.356 e. The SMILES string of the molecule is CCNCc1cc2ccccc2c(N(C)C2CC2)n1. The Morgan fingerprint density at radius 2 is 2.11 bits per heavy atom. The van der Waals surface area contributed by atoms with Crippen molar-refractivity contribution >= 4 is 16.6 Å². The van der Waals surface area contributed by atoms with Gasteiger partial charge in [-0.2, -0.15) is 0 Å². The molecule has 3 rings (SSSR count). The average molecular weight is 255 g/mol. The van der Waals surface area contributed by atoms with Gasteiger partial charge in [-0.15, -0.1) is 0 Å². The fourth-order valence-electron chi connectivity index (χ4n) is 2.48. The molecule has 0 unspecified atom stereocenters. The molecule has 0 amide bonds. The second-order valence-corrected chi connectivity index (χ2v) is 5.28. The number of nitrogens with one attached hydrogen (secondary N) is 1. The summed E-state index contributed by atoms with van der Waals surface area (Å²) in [5.41, 5.74) is 1.13. The van der Waals surface area contributed by atoms with Crippen LogP contribution in [0.4, 0.5) is 5.82 Å². The van der Waals surface area contributed by atoms with E-state index in [0.717, 1.165) is 24.6 Å². The first-order chi connectivity index (χ1) is 9.29. The molecule has 100 valence electrons. The van der Waals surface area contributed by atoms with Crippen LogP contribution in [0.3, 0.4) is 0 Å². The third-order valence-electron chi connectivity index (χ3n) is 3.76. The summed E-state index contributed by atoms with van der Waals surface area (Å²) >= 11 is 0. The summed E-state index contributed by atoms with van der Waals surface area (Å²) in [5, 5.41) is 5.91. The van der Waals surface area contributed by atoms with Crippen LogP contribution < -0.4 is 10.2 Å². The van der Waals surface area contributed by atoms with Crippen LogP contribution in [0.5, 0.6) is 0 Å². The van der Waals surface area contributed by atoms with Crippen molar-refractivity contribution in [3.8, 4) is 0 Å². The molecule has 1 aliphatic rings. The number of anilines is 1. The molecular weight excluding hydrogens is 234 g/mol. The standard InChI is InChI=1S/C16H21N3/c1-3-17-11-13-10-12-6-4-5-7-15(12)16(18-13)19(2)14-8-9-14/h4-7,10,14,17H,3,8-9,11H2,1-2H3. The van der Waals surface area contributed by atoms with Crippen molar-refractivity contribution in [2.24, 2.45) is 0 Å². The molecule has 0 aliphatic heterocycles. The van der Waals surface area contributed by atoms with Crippen LogP contribution in [-0.2, 0) is 6.54 Å². The van der Waals surface area contributed by atoms with Crippen molar-refractivity contribution in [3.63, 3.8) is 0 Å². The van der Waals surface area contributed by atoms with Crippen molar-refractivity contribution in [2.45, 2.75) is 32.4 Å². The molecule has 1 heterocycles. The lowest BCUT2D eigenvalue weighted by molar-refractivity contribution is 0.710. The summed E-state index contributed by atoms with van der Waals surface area (Å²) in [6.07, 6.45) is 2.59. The number of fused-ring (bicyclic) bond motifs is 1. The lowest BCUT2D eigenvalue weighted by atomic mass is 10.1. The van der Waals surface area contributed by atoms with Gasteiger partial charge in [0, 0.05) is 25.0 Å². The molecule has 0 bridgehead atoms. The number of aromatic nitrogens is 1. The van der Waals surface area contributed by atoms with Crippen molar-refractivity contribution in [1.82, 2.24) is 10.3 Å². The Labute approximate surface area is 114 Å². The van der Waals surface area contributed by atoms with E-state index in [1.807, 2.05) is 0 Å². The lowest BCUT2D eigenvalue weighted by Gasteiger charge is -2.20. The van der Waals surface area contributed by atoms with Crippen LogP contribution in [-0.4, -0.2) is 24.6 Å². The summed E-state index contributed by atoms with van der Waals surface area (Å²) in [6.45, 7) is 3.94. The molecule has 19 heavy (non-hydrogen) atoms. The van der Waals surface area contributed by atoms with Crippen molar-refractivity contribution in [1.29, 1.82) is 0 Å². The van der Waals surface area contributed by atoms with Gasteiger partial charge >= 0.3 is 0 Å². The van der Waals surface area contributed by atoms with Gasteiger partial charge in [0.2, 0.25) is 0 Å². The second-order valence-electron chi connectivity index (χ2n) is 5.28. The maximum Gasteiger partial charge on any atom is 0.136 e. The molecule has 1 aromatic heterocycles. The highest BCUT2D eigenvalue weighted by atomic mass is 15.2. The maximum absolute atomic E-state index is 4.86. The van der Waals surface area contributed by atoms with E-state index in [0.29, 0.717) is 6.04 Å². The van der Waals surface area contributed by atoms with Gasteiger partial charge in [0.05, 0.1) is 5.69 Å². The minimum absolute atomic E-state index is 0.685. The van der Waals surface area contributed by atoms with Crippen molar-refractivity contribution in [3.05, 3.63) is 36.0 Å². The van der Waals surface area contributed by atoms with E-state index < -0.39 is 0 Å². The molecule has 0 radical (unpaired) electrons. The Kier molecular flexibility index (Phi) is 3.38. The summed E-state index contributed by atoms with van der Waals surface area (Å²) < 4.78 is 0. The quantitative estimate of drug-likeness (QED) is 0.890. The molecule has 3 heteroatoms. The molecule has 0 spiro atoms. The van der Waals surface area contributed by atoms with Crippen LogP contribution in [0.15, 0.2) is 30.3 Å². The second kappa shape index (κ2) is 5.17. The van der Waals surface area contributed by atoms with E-state index in [-0.39, 0.29) is 0 Å². The molecule has 3 nitrogen and oxygen atoms in total. The van der Waals surface area contributed by atoms with E-state index in [4.69, 9.17) is 4.98 Å². The van der Waals surface area contributed by atoms with Crippen LogP contribution in [0, 0.1) is 0 Å². The number of rotatable bonds is 5. The zero-order chi connectivity index (χ0) is 13.2. The number of hydrogen-bond donors (Lipinski definition) is 1. The lowest BCUT2D eigenvalue weighted by Crippen LogP contribution is -2.22. The number of nitrogens with zero attached hydrogens (tertiary/aromatic N) is 2. The topological polar surface area (TPSA) is 28.2 Å². The van der Waals surface area contributed by atoms with Gasteiger partial charge in [0.1, 0.15) is 5.82 Å². The Hall–Kier alpha value is -1.61. The van der Waals surface area contributed by atoms with E-state index in [2.05, 4.69) is 54.5 Å². The monoisotopic (exact) mass is 255 g/mol. The van der Waals surface area contributed by atoms with Gasteiger partial charge in [-0.25, -0.2) is 4.98 Å². The smallest absolute Gasteiger partial charge is 0.136 e. The molecule has 1 N–H and O–H groups in total. The highest BCUT2D eigenvalue weighted by molar-refractivity contribution is 5.92.